The van der Waals surface area contributed by atoms with Gasteiger partial charge in [0.05, 0.1) is 23.8 Å². The van der Waals surface area contributed by atoms with Crippen LogP contribution in [0.4, 0.5) is 5.69 Å². The number of anilines is 1. The SMILES string of the molecule is CCOC(=O)C1CCCN(c2cc(C)ccc2C#N)C1. The molecule has 2 rings (SSSR count). The Hall–Kier alpha value is -2.02. The van der Waals surface area contributed by atoms with Crippen LogP contribution in [0.3, 0.4) is 0 Å². The van der Waals surface area contributed by atoms with E-state index >= 15 is 0 Å². The summed E-state index contributed by atoms with van der Waals surface area (Å²) in [7, 11) is 0. The first kappa shape index (κ1) is 14.4. The molecule has 20 heavy (non-hydrogen) atoms. The minimum Gasteiger partial charge on any atom is -0.466 e. The van der Waals surface area contributed by atoms with E-state index in [4.69, 9.17) is 4.74 Å². The first-order valence-corrected chi connectivity index (χ1v) is 7.08. The fourth-order valence-electron chi connectivity index (χ4n) is 2.65. The molecule has 0 N–H and O–H groups in total. The number of ether oxygens (including phenoxy) is 1. The Morgan fingerprint density at radius 2 is 2.35 bits per heavy atom. The second-order valence-electron chi connectivity index (χ2n) is 5.17. The highest BCUT2D eigenvalue weighted by molar-refractivity contribution is 5.74. The summed E-state index contributed by atoms with van der Waals surface area (Å²) in [5.41, 5.74) is 2.72. The summed E-state index contributed by atoms with van der Waals surface area (Å²) in [6, 6.07) is 8.04. The van der Waals surface area contributed by atoms with Gasteiger partial charge in [-0.25, -0.2) is 0 Å². The topological polar surface area (TPSA) is 53.3 Å². The zero-order valence-corrected chi connectivity index (χ0v) is 12.1. The third-order valence-electron chi connectivity index (χ3n) is 3.66. The van der Waals surface area contributed by atoms with E-state index < -0.39 is 0 Å². The summed E-state index contributed by atoms with van der Waals surface area (Å²) in [6.45, 7) is 5.78. The summed E-state index contributed by atoms with van der Waals surface area (Å²) in [5, 5.41) is 9.23. The summed E-state index contributed by atoms with van der Waals surface area (Å²) < 4.78 is 5.12. The number of benzene rings is 1. The van der Waals surface area contributed by atoms with Crippen LogP contribution in [0.25, 0.3) is 0 Å². The van der Waals surface area contributed by atoms with Gasteiger partial charge in [0.25, 0.3) is 0 Å². The lowest BCUT2D eigenvalue weighted by Gasteiger charge is -2.33. The van der Waals surface area contributed by atoms with Gasteiger partial charge in [-0.3, -0.25) is 4.79 Å². The summed E-state index contributed by atoms with van der Waals surface area (Å²) >= 11 is 0. The number of hydrogen-bond acceptors (Lipinski definition) is 4. The average Bonchev–Trinajstić information content (AvgIpc) is 2.47. The van der Waals surface area contributed by atoms with Crippen molar-refractivity contribution in [1.29, 1.82) is 5.26 Å². The standard InChI is InChI=1S/C16H20N2O2/c1-3-20-16(19)14-5-4-8-18(11-14)15-9-12(2)6-7-13(15)10-17/h6-7,9,14H,3-5,8,11H2,1-2H3. The molecule has 1 aliphatic heterocycles. The zero-order chi connectivity index (χ0) is 14.5. The van der Waals surface area contributed by atoms with Crippen LogP contribution in [0.5, 0.6) is 0 Å². The van der Waals surface area contributed by atoms with Gasteiger partial charge in [-0.15, -0.1) is 0 Å². The van der Waals surface area contributed by atoms with Gasteiger partial charge >= 0.3 is 5.97 Å². The highest BCUT2D eigenvalue weighted by atomic mass is 16.5. The van der Waals surface area contributed by atoms with Crippen molar-refractivity contribution in [2.75, 3.05) is 24.6 Å². The smallest absolute Gasteiger partial charge is 0.310 e. The van der Waals surface area contributed by atoms with Gasteiger partial charge in [-0.05, 0) is 44.4 Å². The molecule has 4 nitrogen and oxygen atoms in total. The number of hydrogen-bond donors (Lipinski definition) is 0. The van der Waals surface area contributed by atoms with Gasteiger partial charge in [-0.1, -0.05) is 6.07 Å². The molecule has 1 atom stereocenters. The van der Waals surface area contributed by atoms with Crippen LogP contribution < -0.4 is 4.90 Å². The number of carbonyl (C=O) groups is 1. The Bertz CT molecular complexity index is 534. The highest BCUT2D eigenvalue weighted by Crippen LogP contribution is 2.27. The Morgan fingerprint density at radius 3 is 3.05 bits per heavy atom. The quantitative estimate of drug-likeness (QED) is 0.794. The Balaban J connectivity index is 2.19. The first-order valence-electron chi connectivity index (χ1n) is 7.08. The van der Waals surface area contributed by atoms with Gasteiger partial charge in [0, 0.05) is 13.1 Å². The van der Waals surface area contributed by atoms with E-state index in [2.05, 4.69) is 11.0 Å². The molecule has 0 amide bonds. The van der Waals surface area contributed by atoms with E-state index in [0.717, 1.165) is 30.6 Å². The van der Waals surface area contributed by atoms with E-state index in [-0.39, 0.29) is 11.9 Å². The number of aryl methyl sites for hydroxylation is 1. The van der Waals surface area contributed by atoms with Gasteiger partial charge in [-0.2, -0.15) is 5.26 Å². The van der Waals surface area contributed by atoms with Crippen LogP contribution in [-0.4, -0.2) is 25.7 Å². The monoisotopic (exact) mass is 272 g/mol. The van der Waals surface area contributed by atoms with Gasteiger partial charge in [0.1, 0.15) is 6.07 Å². The molecule has 0 spiro atoms. The van der Waals surface area contributed by atoms with Crippen molar-refractivity contribution in [2.24, 2.45) is 5.92 Å². The third-order valence-corrected chi connectivity index (χ3v) is 3.66. The maximum Gasteiger partial charge on any atom is 0.310 e. The van der Waals surface area contributed by atoms with Crippen molar-refractivity contribution in [3.8, 4) is 6.07 Å². The number of carbonyl (C=O) groups excluding carboxylic acids is 1. The van der Waals surface area contributed by atoms with Crippen LogP contribution >= 0.6 is 0 Å². The Morgan fingerprint density at radius 1 is 1.55 bits per heavy atom. The molecule has 106 valence electrons. The molecule has 1 aromatic rings. The van der Waals surface area contributed by atoms with Crippen LogP contribution in [0.1, 0.15) is 30.9 Å². The van der Waals surface area contributed by atoms with Crippen LogP contribution in [-0.2, 0) is 9.53 Å². The summed E-state index contributed by atoms with van der Waals surface area (Å²) in [6.07, 6.45) is 1.81. The van der Waals surface area contributed by atoms with Gasteiger partial charge < -0.3 is 9.64 Å². The lowest BCUT2D eigenvalue weighted by molar-refractivity contribution is -0.148. The molecule has 0 bridgehead atoms. The second kappa shape index (κ2) is 6.42. The molecule has 1 heterocycles. The van der Waals surface area contributed by atoms with Crippen LogP contribution in [0.15, 0.2) is 18.2 Å². The summed E-state index contributed by atoms with van der Waals surface area (Å²) in [5.74, 6) is -0.209. The summed E-state index contributed by atoms with van der Waals surface area (Å²) in [4.78, 5) is 14.0. The normalized spacial score (nSPS) is 18.4. The van der Waals surface area contributed by atoms with E-state index in [1.807, 2.05) is 32.0 Å². The Labute approximate surface area is 120 Å². The minimum absolute atomic E-state index is 0.0873. The molecule has 1 aliphatic rings. The number of rotatable bonds is 3. The van der Waals surface area contributed by atoms with Crippen molar-refractivity contribution < 1.29 is 9.53 Å². The lowest BCUT2D eigenvalue weighted by Crippen LogP contribution is -2.39. The van der Waals surface area contributed by atoms with E-state index in [1.165, 1.54) is 0 Å². The van der Waals surface area contributed by atoms with Gasteiger partial charge in [0.2, 0.25) is 0 Å². The number of nitriles is 1. The number of piperidine rings is 1. The van der Waals surface area contributed by atoms with Crippen LogP contribution in [0.2, 0.25) is 0 Å². The maximum atomic E-state index is 11.9. The molecule has 0 radical (unpaired) electrons. The fraction of sp³-hybridized carbons (Fsp3) is 0.500. The van der Waals surface area contributed by atoms with Crippen molar-refractivity contribution in [3.63, 3.8) is 0 Å². The third kappa shape index (κ3) is 3.11. The highest BCUT2D eigenvalue weighted by Gasteiger charge is 2.27. The minimum atomic E-state index is -0.122. The average molecular weight is 272 g/mol. The second-order valence-corrected chi connectivity index (χ2v) is 5.17. The first-order chi connectivity index (χ1) is 9.65. The fourth-order valence-corrected chi connectivity index (χ4v) is 2.65. The number of esters is 1. The molecule has 0 aromatic heterocycles. The lowest BCUT2D eigenvalue weighted by atomic mass is 9.96. The van der Waals surface area contributed by atoms with E-state index in [1.54, 1.807) is 0 Å². The zero-order valence-electron chi connectivity index (χ0n) is 12.1. The van der Waals surface area contributed by atoms with E-state index in [0.29, 0.717) is 18.7 Å². The van der Waals surface area contributed by atoms with Crippen molar-refractivity contribution in [2.45, 2.75) is 26.7 Å². The molecule has 1 fully saturated rings. The molecule has 0 aliphatic carbocycles. The molecular weight excluding hydrogens is 252 g/mol. The molecular formula is C16H20N2O2. The Kier molecular flexibility index (Phi) is 4.62. The molecule has 4 heteroatoms. The van der Waals surface area contributed by atoms with Crippen molar-refractivity contribution in [1.82, 2.24) is 0 Å². The predicted octanol–water partition coefficient (Wildman–Crippen LogP) is 2.65. The van der Waals surface area contributed by atoms with Crippen molar-refractivity contribution >= 4 is 11.7 Å². The largest absolute Gasteiger partial charge is 0.466 e. The van der Waals surface area contributed by atoms with Gasteiger partial charge in [0.15, 0.2) is 0 Å². The van der Waals surface area contributed by atoms with Crippen molar-refractivity contribution in [3.05, 3.63) is 29.3 Å². The molecule has 0 saturated carbocycles. The molecule has 1 saturated heterocycles. The molecule has 1 aromatic carbocycles. The maximum absolute atomic E-state index is 11.9. The van der Waals surface area contributed by atoms with E-state index in [9.17, 15) is 10.1 Å². The predicted molar refractivity (Wildman–Crippen MR) is 77.5 cm³/mol. The number of nitrogens with zero attached hydrogens (tertiary/aromatic N) is 2. The van der Waals surface area contributed by atoms with Crippen LogP contribution in [0, 0.1) is 24.2 Å². The molecule has 1 unspecified atom stereocenters.